The molecule has 3 aromatic carbocycles. The van der Waals surface area contributed by atoms with Gasteiger partial charge in [-0.1, -0.05) is 44.2 Å². The number of aromatic hydroxyl groups is 2. The van der Waals surface area contributed by atoms with Crippen molar-refractivity contribution in [2.24, 2.45) is 16.6 Å². The van der Waals surface area contributed by atoms with Crippen molar-refractivity contribution in [2.75, 3.05) is 32.8 Å². The molecule has 0 amide bonds. The number of methoxy groups -OCH3 is 1. The van der Waals surface area contributed by atoms with Gasteiger partial charge in [-0.3, -0.25) is 4.99 Å². The number of phenols is 2. The third-order valence-electron chi connectivity index (χ3n) is 9.28. The van der Waals surface area contributed by atoms with E-state index in [4.69, 9.17) is 34.2 Å². The molecule has 1 heterocycles. The van der Waals surface area contributed by atoms with Gasteiger partial charge in [-0.15, -0.1) is 0 Å². The maximum atomic E-state index is 13.4. The molecule has 59 heavy (non-hydrogen) atoms. The number of benzene rings is 3. The molecule has 1 fully saturated rings. The predicted molar refractivity (Wildman–Crippen MR) is 209 cm³/mol. The molecule has 20 nitrogen and oxygen atoms in total. The van der Waals surface area contributed by atoms with Crippen LogP contribution in [0.1, 0.15) is 53.5 Å². The van der Waals surface area contributed by atoms with Crippen LogP contribution in [0.15, 0.2) is 53.5 Å². The number of nitrogens with two attached hydrogens (primary N) is 1. The van der Waals surface area contributed by atoms with Crippen molar-refractivity contribution in [3.8, 4) is 34.5 Å². The number of hydrogen-bond acceptors (Lipinski definition) is 17. The molecular formula is C39H52N4O16. The van der Waals surface area contributed by atoms with Gasteiger partial charge in [0.1, 0.15) is 23.9 Å². The minimum absolute atomic E-state index is 0.00477. The topological polar surface area (TPSA) is 314 Å². The second-order valence-electron chi connectivity index (χ2n) is 13.9. The second-order valence-corrected chi connectivity index (χ2v) is 13.9. The van der Waals surface area contributed by atoms with Crippen molar-refractivity contribution >= 4 is 23.6 Å². The number of guanidine groups is 1. The van der Waals surface area contributed by atoms with Crippen LogP contribution in [0.5, 0.6) is 34.5 Å². The average molecular weight is 833 g/mol. The molecule has 3 aromatic rings. The predicted octanol–water partition coefficient (Wildman–Crippen LogP) is 0.866. The molecule has 8 unspecified atom stereocenters. The number of anilines is 1. The van der Waals surface area contributed by atoms with E-state index in [0.29, 0.717) is 6.42 Å². The molecule has 0 bridgehead atoms. The molecule has 1 saturated heterocycles. The molecule has 0 spiro atoms. The Morgan fingerprint density at radius 3 is 2.22 bits per heavy atom. The Morgan fingerprint density at radius 1 is 0.915 bits per heavy atom. The number of aliphatic imine (C=N–C) groups is 1. The largest absolute Gasteiger partial charge is 0.504 e. The number of aliphatic hydroxyl groups excluding tert-OH is 5. The molecule has 0 aliphatic carbocycles. The summed E-state index contributed by atoms with van der Waals surface area (Å²) in [6.07, 6.45) is -12.7. The smallest absolute Gasteiger partial charge is 0.344 e. The van der Waals surface area contributed by atoms with Gasteiger partial charge in [0.25, 0.3) is 0 Å². The summed E-state index contributed by atoms with van der Waals surface area (Å²) in [4.78, 5) is 29.5. The number of nitrogens with zero attached hydrogens (tertiary/aromatic N) is 1. The number of carbonyl (C=O) groups is 2. The van der Waals surface area contributed by atoms with E-state index < -0.39 is 83.9 Å². The highest BCUT2D eigenvalue weighted by Crippen LogP contribution is 2.46. The highest BCUT2D eigenvalue weighted by Gasteiger charge is 2.49. The first-order valence-electron chi connectivity index (χ1n) is 18.5. The van der Waals surface area contributed by atoms with E-state index in [0.717, 1.165) is 17.7 Å². The lowest BCUT2D eigenvalue weighted by Crippen LogP contribution is -2.62. The highest BCUT2D eigenvalue weighted by molar-refractivity contribution is 5.96. The molecule has 0 saturated carbocycles. The van der Waals surface area contributed by atoms with E-state index in [-0.39, 0.29) is 60.1 Å². The lowest BCUT2D eigenvalue weighted by molar-refractivity contribution is -0.309. The zero-order chi connectivity index (χ0) is 43.6. The van der Waals surface area contributed by atoms with Crippen molar-refractivity contribution < 1.29 is 78.9 Å². The van der Waals surface area contributed by atoms with Gasteiger partial charge >= 0.3 is 11.9 Å². The maximum absolute atomic E-state index is 13.4. The van der Waals surface area contributed by atoms with Crippen LogP contribution in [0.4, 0.5) is 5.69 Å². The fraction of sp³-hybridized carbons (Fsp3) is 0.462. The standard InChI is InChI=1S/C39H52N4O16/c1-18(2)24(44)13-19(3)43-23-16-26(25(14-21(23)35(50)51)56-17-42-39(40)41-4)57-38-32(49)30(47)31(48)34(58-38)37(53)59-36(52)22-15-27(54-5)29(46)33(28(22)45)55-12-11-20-9-7-6-8-10-20/h6-10,14-16,18-19,24,30-32,34,37-38,43-49,53H,11-13,17H2,1-5H3,(H,50,51)(H3,40,41,42). The van der Waals surface area contributed by atoms with Gasteiger partial charge in [0.2, 0.25) is 24.1 Å². The molecule has 4 rings (SSSR count). The first-order valence-corrected chi connectivity index (χ1v) is 18.5. The van der Waals surface area contributed by atoms with Gasteiger partial charge in [0.15, 0.2) is 41.8 Å². The zero-order valence-electron chi connectivity index (χ0n) is 33.0. The summed E-state index contributed by atoms with van der Waals surface area (Å²) in [5.74, 6) is -5.73. The molecule has 12 N–H and O–H groups in total. The van der Waals surface area contributed by atoms with Crippen LogP contribution >= 0.6 is 0 Å². The second kappa shape index (κ2) is 20.8. The van der Waals surface area contributed by atoms with Gasteiger partial charge in [-0.2, -0.15) is 0 Å². The van der Waals surface area contributed by atoms with Crippen LogP contribution in [0.25, 0.3) is 0 Å². The van der Waals surface area contributed by atoms with E-state index in [1.807, 2.05) is 44.2 Å². The summed E-state index contributed by atoms with van der Waals surface area (Å²) >= 11 is 0. The third-order valence-corrected chi connectivity index (χ3v) is 9.28. The van der Waals surface area contributed by atoms with Crippen molar-refractivity contribution in [3.63, 3.8) is 0 Å². The molecule has 0 aromatic heterocycles. The number of nitrogens with one attached hydrogen (secondary N) is 2. The normalized spacial score (nSPS) is 20.9. The molecular weight excluding hydrogens is 780 g/mol. The van der Waals surface area contributed by atoms with Crippen LogP contribution in [-0.4, -0.2) is 135 Å². The van der Waals surface area contributed by atoms with Gasteiger partial charge in [0, 0.05) is 37.7 Å². The average Bonchev–Trinajstić information content (AvgIpc) is 3.19. The number of ether oxygens (including phenoxy) is 6. The summed E-state index contributed by atoms with van der Waals surface area (Å²) < 4.78 is 33.1. The lowest BCUT2D eigenvalue weighted by Gasteiger charge is -2.41. The maximum Gasteiger partial charge on any atom is 0.344 e. The van der Waals surface area contributed by atoms with Crippen LogP contribution < -0.4 is 35.3 Å². The Morgan fingerprint density at radius 2 is 1.59 bits per heavy atom. The van der Waals surface area contributed by atoms with Crippen molar-refractivity contribution in [2.45, 2.75) is 82.8 Å². The summed E-state index contributed by atoms with van der Waals surface area (Å²) in [7, 11) is 2.59. The Hall–Kier alpha value is -5.77. The first kappa shape index (κ1) is 45.9. The number of carboxylic acids is 1. The van der Waals surface area contributed by atoms with E-state index in [1.165, 1.54) is 20.2 Å². The minimum atomic E-state index is -2.40. The molecule has 20 heteroatoms. The van der Waals surface area contributed by atoms with Gasteiger partial charge < -0.3 is 85.6 Å². The van der Waals surface area contributed by atoms with Crippen molar-refractivity contribution in [3.05, 3.63) is 65.2 Å². The van der Waals surface area contributed by atoms with Crippen LogP contribution in [0.2, 0.25) is 0 Å². The molecule has 1 aliphatic rings. The number of aliphatic hydroxyl groups is 5. The summed E-state index contributed by atoms with van der Waals surface area (Å²) in [5, 5.41) is 91.4. The number of rotatable bonds is 19. The molecule has 1 aliphatic heterocycles. The monoisotopic (exact) mass is 832 g/mol. The zero-order valence-corrected chi connectivity index (χ0v) is 33.0. The van der Waals surface area contributed by atoms with Crippen molar-refractivity contribution in [1.29, 1.82) is 0 Å². The third kappa shape index (κ3) is 11.7. The Kier molecular flexibility index (Phi) is 16.2. The first-order chi connectivity index (χ1) is 28.0. The minimum Gasteiger partial charge on any atom is -0.504 e. The van der Waals surface area contributed by atoms with E-state index in [2.05, 4.69) is 15.6 Å². The SMILES string of the molecule is CN=C(N)NCOc1cc(C(=O)O)c(NC(C)CC(O)C(C)C)cc1OC1OC(C(O)OC(=O)c2cc(OC)c(O)c(OCCc3ccccc3)c2O)C(O)C(O)C1O. The number of hydrogen-bond donors (Lipinski definition) is 11. The van der Waals surface area contributed by atoms with E-state index in [9.17, 15) is 50.4 Å². The molecule has 0 radical (unpaired) electrons. The number of aromatic carboxylic acids is 1. The van der Waals surface area contributed by atoms with Crippen molar-refractivity contribution in [1.82, 2.24) is 5.32 Å². The van der Waals surface area contributed by atoms with Crippen LogP contribution in [0, 0.1) is 5.92 Å². The Labute approximate surface area is 339 Å². The van der Waals surface area contributed by atoms with Crippen LogP contribution in [0.3, 0.4) is 0 Å². The number of carbonyl (C=O) groups excluding carboxylic acids is 1. The Bertz CT molecular complexity index is 1920. The van der Waals surface area contributed by atoms with Gasteiger partial charge in [0.05, 0.1) is 31.1 Å². The van der Waals surface area contributed by atoms with Gasteiger partial charge in [-0.25, -0.2) is 9.59 Å². The number of carboxylic acid groups (broad SMARTS) is 1. The van der Waals surface area contributed by atoms with E-state index in [1.54, 1.807) is 6.92 Å². The molecule has 324 valence electrons. The van der Waals surface area contributed by atoms with Gasteiger partial charge in [-0.05, 0) is 24.8 Å². The summed E-state index contributed by atoms with van der Waals surface area (Å²) in [5.41, 5.74) is 5.64. The molecule has 8 atom stereocenters. The Balaban J connectivity index is 1.60. The summed E-state index contributed by atoms with van der Waals surface area (Å²) in [6.45, 7) is 4.96. The number of esters is 1. The van der Waals surface area contributed by atoms with Crippen LogP contribution in [-0.2, 0) is 15.9 Å². The quantitative estimate of drug-likeness (QED) is 0.0345. The lowest BCUT2D eigenvalue weighted by atomic mass is 9.98. The fourth-order valence-corrected chi connectivity index (χ4v) is 5.84. The number of phenolic OH excluding ortho intramolecular Hbond substituents is 2. The van der Waals surface area contributed by atoms with E-state index >= 15 is 0 Å². The summed E-state index contributed by atoms with van der Waals surface area (Å²) in [6, 6.07) is 11.9. The fourth-order valence-electron chi connectivity index (χ4n) is 5.84. The highest BCUT2D eigenvalue weighted by atomic mass is 16.7.